The lowest BCUT2D eigenvalue weighted by Gasteiger charge is -2.22. The largest absolute Gasteiger partial charge is 0.312 e. The summed E-state index contributed by atoms with van der Waals surface area (Å²) >= 11 is 1.89. The number of hydrogen-bond donors (Lipinski definition) is 1. The van der Waals surface area contributed by atoms with E-state index in [0.29, 0.717) is 0 Å². The first-order valence-electron chi connectivity index (χ1n) is 5.91. The van der Waals surface area contributed by atoms with Crippen LogP contribution in [0, 0.1) is 5.92 Å². The molecule has 15 heavy (non-hydrogen) atoms. The number of nitrogens with zero attached hydrogens (tertiary/aromatic N) is 1. The molecule has 1 fully saturated rings. The molecule has 0 saturated heterocycles. The molecular formula is C12H20N2S. The number of thiazole rings is 1. The molecule has 0 spiro atoms. The van der Waals surface area contributed by atoms with E-state index < -0.39 is 0 Å². The average molecular weight is 224 g/mol. The molecule has 1 heterocycles. The second kappa shape index (κ2) is 5.08. The summed E-state index contributed by atoms with van der Waals surface area (Å²) < 4.78 is 0. The summed E-state index contributed by atoms with van der Waals surface area (Å²) in [6, 6.07) is 0. The second-order valence-electron chi connectivity index (χ2n) is 4.82. The summed E-state index contributed by atoms with van der Waals surface area (Å²) in [5, 5.41) is 4.82. The standard InChI is InChI=1S/C12H20N2S/c1-9(2)6-13-7-11-8-14-12(15-11)10-4-3-5-10/h8-10,13H,3-7H2,1-2H3. The molecule has 2 rings (SSSR count). The molecule has 0 radical (unpaired) electrons. The van der Waals surface area contributed by atoms with Crippen LogP contribution in [0.5, 0.6) is 0 Å². The van der Waals surface area contributed by atoms with Crippen molar-refractivity contribution in [3.63, 3.8) is 0 Å². The normalized spacial score (nSPS) is 17.0. The Morgan fingerprint density at radius 3 is 2.93 bits per heavy atom. The van der Waals surface area contributed by atoms with E-state index in [2.05, 4.69) is 24.1 Å². The highest BCUT2D eigenvalue weighted by Gasteiger charge is 2.22. The smallest absolute Gasteiger partial charge is 0.0959 e. The summed E-state index contributed by atoms with van der Waals surface area (Å²) in [5.74, 6) is 1.51. The second-order valence-corrected chi connectivity index (χ2v) is 5.96. The highest BCUT2D eigenvalue weighted by atomic mass is 32.1. The van der Waals surface area contributed by atoms with Gasteiger partial charge in [-0.3, -0.25) is 0 Å². The van der Waals surface area contributed by atoms with Gasteiger partial charge in [0.2, 0.25) is 0 Å². The van der Waals surface area contributed by atoms with Crippen LogP contribution in [0.2, 0.25) is 0 Å². The molecule has 1 aromatic rings. The predicted octanol–water partition coefficient (Wildman–Crippen LogP) is 3.16. The highest BCUT2D eigenvalue weighted by Crippen LogP contribution is 2.38. The zero-order chi connectivity index (χ0) is 10.7. The Morgan fingerprint density at radius 1 is 1.53 bits per heavy atom. The van der Waals surface area contributed by atoms with Gasteiger partial charge in [-0.2, -0.15) is 0 Å². The zero-order valence-electron chi connectivity index (χ0n) is 9.62. The van der Waals surface area contributed by atoms with Crippen molar-refractivity contribution in [1.82, 2.24) is 10.3 Å². The van der Waals surface area contributed by atoms with Gasteiger partial charge in [0.1, 0.15) is 0 Å². The number of aromatic nitrogens is 1. The molecule has 1 saturated carbocycles. The van der Waals surface area contributed by atoms with Crippen LogP contribution in [0.25, 0.3) is 0 Å². The molecule has 3 heteroatoms. The lowest BCUT2D eigenvalue weighted by atomic mass is 9.86. The molecule has 1 aromatic heterocycles. The van der Waals surface area contributed by atoms with E-state index in [4.69, 9.17) is 0 Å². The van der Waals surface area contributed by atoms with Crippen molar-refractivity contribution in [2.24, 2.45) is 5.92 Å². The van der Waals surface area contributed by atoms with Crippen molar-refractivity contribution in [3.05, 3.63) is 16.1 Å². The Balaban J connectivity index is 1.79. The molecule has 1 aliphatic carbocycles. The molecule has 0 aliphatic heterocycles. The maximum absolute atomic E-state index is 4.51. The molecule has 2 nitrogen and oxygen atoms in total. The fraction of sp³-hybridized carbons (Fsp3) is 0.750. The first-order valence-corrected chi connectivity index (χ1v) is 6.72. The average Bonchev–Trinajstić information content (AvgIpc) is 2.49. The van der Waals surface area contributed by atoms with Crippen LogP contribution in [0.3, 0.4) is 0 Å². The van der Waals surface area contributed by atoms with Crippen LogP contribution in [-0.4, -0.2) is 11.5 Å². The maximum atomic E-state index is 4.51. The van der Waals surface area contributed by atoms with Gasteiger partial charge in [-0.15, -0.1) is 11.3 Å². The molecule has 0 unspecified atom stereocenters. The fourth-order valence-electron chi connectivity index (χ4n) is 1.73. The molecule has 0 atom stereocenters. The summed E-state index contributed by atoms with van der Waals surface area (Å²) in [6.07, 6.45) is 6.15. The molecule has 84 valence electrons. The van der Waals surface area contributed by atoms with Crippen LogP contribution in [0.4, 0.5) is 0 Å². The van der Waals surface area contributed by atoms with E-state index in [-0.39, 0.29) is 0 Å². The van der Waals surface area contributed by atoms with Crippen LogP contribution in [0.15, 0.2) is 6.20 Å². The monoisotopic (exact) mass is 224 g/mol. The van der Waals surface area contributed by atoms with Gasteiger partial charge < -0.3 is 5.32 Å². The lowest BCUT2D eigenvalue weighted by Crippen LogP contribution is -2.18. The first kappa shape index (κ1) is 11.1. The summed E-state index contributed by atoms with van der Waals surface area (Å²) in [6.45, 7) is 6.55. The van der Waals surface area contributed by atoms with Gasteiger partial charge in [-0.05, 0) is 25.3 Å². The van der Waals surface area contributed by atoms with E-state index in [1.807, 2.05) is 17.5 Å². The molecular weight excluding hydrogens is 204 g/mol. The first-order chi connectivity index (χ1) is 7.25. The number of rotatable bonds is 5. The van der Waals surface area contributed by atoms with Crippen molar-refractivity contribution in [2.75, 3.05) is 6.54 Å². The van der Waals surface area contributed by atoms with Gasteiger partial charge in [0.25, 0.3) is 0 Å². The Morgan fingerprint density at radius 2 is 2.33 bits per heavy atom. The summed E-state index contributed by atoms with van der Waals surface area (Å²) in [7, 11) is 0. The van der Waals surface area contributed by atoms with Gasteiger partial charge in [-0.1, -0.05) is 20.3 Å². The zero-order valence-corrected chi connectivity index (χ0v) is 10.4. The molecule has 0 aromatic carbocycles. The topological polar surface area (TPSA) is 24.9 Å². The number of nitrogens with one attached hydrogen (secondary N) is 1. The van der Waals surface area contributed by atoms with Crippen LogP contribution < -0.4 is 5.32 Å². The van der Waals surface area contributed by atoms with Gasteiger partial charge in [-0.25, -0.2) is 4.98 Å². The quantitative estimate of drug-likeness (QED) is 0.831. The lowest BCUT2D eigenvalue weighted by molar-refractivity contribution is 0.418. The van der Waals surface area contributed by atoms with E-state index in [0.717, 1.165) is 24.9 Å². The number of hydrogen-bond acceptors (Lipinski definition) is 3. The van der Waals surface area contributed by atoms with Crippen molar-refractivity contribution in [2.45, 2.75) is 45.6 Å². The van der Waals surface area contributed by atoms with Crippen molar-refractivity contribution >= 4 is 11.3 Å². The third kappa shape index (κ3) is 3.02. The Kier molecular flexibility index (Phi) is 3.76. The third-order valence-electron chi connectivity index (χ3n) is 2.88. The van der Waals surface area contributed by atoms with E-state index in [9.17, 15) is 0 Å². The van der Waals surface area contributed by atoms with Crippen LogP contribution in [-0.2, 0) is 6.54 Å². The van der Waals surface area contributed by atoms with E-state index in [1.165, 1.54) is 29.1 Å². The third-order valence-corrected chi connectivity index (χ3v) is 4.04. The summed E-state index contributed by atoms with van der Waals surface area (Å²) in [4.78, 5) is 5.90. The minimum Gasteiger partial charge on any atom is -0.312 e. The Bertz CT molecular complexity index is 302. The van der Waals surface area contributed by atoms with Gasteiger partial charge in [0.15, 0.2) is 0 Å². The Hall–Kier alpha value is -0.410. The predicted molar refractivity (Wildman–Crippen MR) is 65.3 cm³/mol. The van der Waals surface area contributed by atoms with Gasteiger partial charge in [0.05, 0.1) is 5.01 Å². The minimum absolute atomic E-state index is 0.726. The SMILES string of the molecule is CC(C)CNCc1cnc(C2CCC2)s1. The van der Waals surface area contributed by atoms with E-state index >= 15 is 0 Å². The van der Waals surface area contributed by atoms with Crippen LogP contribution >= 0.6 is 11.3 Å². The molecule has 1 N–H and O–H groups in total. The summed E-state index contributed by atoms with van der Waals surface area (Å²) in [5.41, 5.74) is 0. The van der Waals surface area contributed by atoms with Crippen LogP contribution in [0.1, 0.15) is 48.9 Å². The van der Waals surface area contributed by atoms with Crippen molar-refractivity contribution < 1.29 is 0 Å². The maximum Gasteiger partial charge on any atom is 0.0959 e. The molecule has 1 aliphatic rings. The van der Waals surface area contributed by atoms with Crippen molar-refractivity contribution in [3.8, 4) is 0 Å². The fourth-order valence-corrected chi connectivity index (χ4v) is 2.79. The van der Waals surface area contributed by atoms with E-state index in [1.54, 1.807) is 0 Å². The Labute approximate surface area is 96.1 Å². The highest BCUT2D eigenvalue weighted by molar-refractivity contribution is 7.11. The van der Waals surface area contributed by atoms with Gasteiger partial charge in [0, 0.05) is 23.5 Å². The molecule has 0 amide bonds. The van der Waals surface area contributed by atoms with Gasteiger partial charge >= 0.3 is 0 Å². The minimum atomic E-state index is 0.726. The van der Waals surface area contributed by atoms with Crippen molar-refractivity contribution in [1.29, 1.82) is 0 Å². The molecule has 0 bridgehead atoms.